The van der Waals surface area contributed by atoms with Gasteiger partial charge < -0.3 is 10.0 Å². The molecule has 0 fully saturated rings. The van der Waals surface area contributed by atoms with Crippen LogP contribution in [-0.2, 0) is 6.42 Å². The lowest BCUT2D eigenvalue weighted by Crippen LogP contribution is -2.31. The van der Waals surface area contributed by atoms with Crippen LogP contribution in [0.25, 0.3) is 0 Å². The molecule has 2 nitrogen and oxygen atoms in total. The van der Waals surface area contributed by atoms with Crippen LogP contribution < -0.4 is 0 Å². The molecule has 18 heavy (non-hydrogen) atoms. The molecular formula is C16H25NO. The van der Waals surface area contributed by atoms with E-state index in [2.05, 4.69) is 24.8 Å². The van der Waals surface area contributed by atoms with Gasteiger partial charge in [-0.05, 0) is 61.5 Å². The van der Waals surface area contributed by atoms with Crippen molar-refractivity contribution in [1.82, 2.24) is 4.90 Å². The Balaban J connectivity index is 2.10. The van der Waals surface area contributed by atoms with Crippen LogP contribution in [0.1, 0.15) is 50.2 Å². The Kier molecular flexibility index (Phi) is 4.65. The van der Waals surface area contributed by atoms with Gasteiger partial charge in [-0.25, -0.2) is 0 Å². The molecule has 0 unspecified atom stereocenters. The number of unbranched alkanes of at least 4 members (excludes halogenated alkanes) is 1. The topological polar surface area (TPSA) is 23.5 Å². The van der Waals surface area contributed by atoms with Crippen molar-refractivity contribution in [3.63, 3.8) is 0 Å². The van der Waals surface area contributed by atoms with Crippen molar-refractivity contribution in [2.24, 2.45) is 0 Å². The minimum Gasteiger partial charge on any atom is -0.508 e. The third kappa shape index (κ3) is 3.26. The Bertz CT molecular complexity index is 389. The van der Waals surface area contributed by atoms with E-state index in [0.29, 0.717) is 11.7 Å². The maximum atomic E-state index is 9.63. The lowest BCUT2D eigenvalue weighted by molar-refractivity contribution is 0.257. The molecular weight excluding hydrogens is 222 g/mol. The molecule has 0 aliphatic carbocycles. The molecule has 0 saturated heterocycles. The van der Waals surface area contributed by atoms with Gasteiger partial charge in [0.1, 0.15) is 5.75 Å². The number of hydrogen-bond acceptors (Lipinski definition) is 2. The lowest BCUT2D eigenvalue weighted by atomic mass is 9.89. The normalized spacial score (nSPS) is 21.1. The number of phenolic OH excluding ortho intramolecular Hbond substituents is 1. The second-order valence-corrected chi connectivity index (χ2v) is 5.52. The highest BCUT2D eigenvalue weighted by molar-refractivity contribution is 5.37. The van der Waals surface area contributed by atoms with Crippen molar-refractivity contribution >= 4 is 0 Å². The minimum absolute atomic E-state index is 0.406. The van der Waals surface area contributed by atoms with Crippen LogP contribution in [0.2, 0.25) is 0 Å². The molecule has 1 heterocycles. The van der Waals surface area contributed by atoms with Crippen LogP contribution in [0, 0.1) is 0 Å². The molecule has 1 atom stereocenters. The number of benzene rings is 1. The van der Waals surface area contributed by atoms with E-state index in [1.807, 2.05) is 12.1 Å². The maximum absolute atomic E-state index is 9.63. The molecule has 1 N–H and O–H groups in total. The third-order valence-electron chi connectivity index (χ3n) is 4.06. The maximum Gasteiger partial charge on any atom is 0.115 e. The highest BCUT2D eigenvalue weighted by Gasteiger charge is 2.17. The van der Waals surface area contributed by atoms with E-state index < -0.39 is 0 Å². The second-order valence-electron chi connectivity index (χ2n) is 5.52. The van der Waals surface area contributed by atoms with Gasteiger partial charge in [-0.15, -0.1) is 0 Å². The van der Waals surface area contributed by atoms with Gasteiger partial charge in [-0.1, -0.05) is 26.3 Å². The summed E-state index contributed by atoms with van der Waals surface area (Å²) < 4.78 is 0. The fourth-order valence-electron chi connectivity index (χ4n) is 2.80. The molecule has 0 spiro atoms. The van der Waals surface area contributed by atoms with Gasteiger partial charge in [-0.3, -0.25) is 0 Å². The first-order valence-electron chi connectivity index (χ1n) is 7.25. The molecule has 1 aliphatic rings. The summed E-state index contributed by atoms with van der Waals surface area (Å²) in [4.78, 5) is 2.59. The van der Waals surface area contributed by atoms with E-state index >= 15 is 0 Å². The molecule has 2 heteroatoms. The molecule has 0 amide bonds. The van der Waals surface area contributed by atoms with Gasteiger partial charge in [0.2, 0.25) is 0 Å². The number of phenols is 1. The number of rotatable bonds is 3. The average molecular weight is 247 g/mol. The fourth-order valence-corrected chi connectivity index (χ4v) is 2.80. The highest BCUT2D eigenvalue weighted by Crippen LogP contribution is 2.29. The predicted octanol–water partition coefficient (Wildman–Crippen LogP) is 3.54. The van der Waals surface area contributed by atoms with Gasteiger partial charge in [0.05, 0.1) is 0 Å². The van der Waals surface area contributed by atoms with E-state index in [-0.39, 0.29) is 0 Å². The van der Waals surface area contributed by atoms with E-state index in [9.17, 15) is 5.11 Å². The van der Waals surface area contributed by atoms with Crippen LogP contribution >= 0.6 is 0 Å². The van der Waals surface area contributed by atoms with Crippen molar-refractivity contribution in [3.05, 3.63) is 29.3 Å². The van der Waals surface area contributed by atoms with Crippen molar-refractivity contribution in [2.45, 2.75) is 45.4 Å². The van der Waals surface area contributed by atoms with Gasteiger partial charge >= 0.3 is 0 Å². The van der Waals surface area contributed by atoms with Crippen LogP contribution in [0.5, 0.6) is 5.75 Å². The zero-order valence-corrected chi connectivity index (χ0v) is 11.7. The monoisotopic (exact) mass is 247 g/mol. The summed E-state index contributed by atoms with van der Waals surface area (Å²) in [6.07, 6.45) is 4.89. The summed E-state index contributed by atoms with van der Waals surface area (Å²) in [5.74, 6) is 0.959. The Morgan fingerprint density at radius 1 is 1.33 bits per heavy atom. The minimum atomic E-state index is 0.406. The SMILES string of the molecule is CCCCN1CCc2ccc(O)cc2[C@H](C)CC1. The van der Waals surface area contributed by atoms with Crippen LogP contribution in [-0.4, -0.2) is 29.6 Å². The van der Waals surface area contributed by atoms with Gasteiger partial charge in [0.25, 0.3) is 0 Å². The van der Waals surface area contributed by atoms with Gasteiger partial charge in [0, 0.05) is 6.54 Å². The van der Waals surface area contributed by atoms with E-state index in [1.165, 1.54) is 43.5 Å². The van der Waals surface area contributed by atoms with Crippen molar-refractivity contribution < 1.29 is 5.11 Å². The Morgan fingerprint density at radius 2 is 2.17 bits per heavy atom. The Hall–Kier alpha value is -1.02. The zero-order chi connectivity index (χ0) is 13.0. The smallest absolute Gasteiger partial charge is 0.115 e. The van der Waals surface area contributed by atoms with E-state index in [1.54, 1.807) is 0 Å². The number of nitrogens with zero attached hydrogens (tertiary/aromatic N) is 1. The fraction of sp³-hybridized carbons (Fsp3) is 0.625. The van der Waals surface area contributed by atoms with Crippen LogP contribution in [0.4, 0.5) is 0 Å². The highest BCUT2D eigenvalue weighted by atomic mass is 16.3. The average Bonchev–Trinajstić information content (AvgIpc) is 2.37. The van der Waals surface area contributed by atoms with E-state index in [4.69, 9.17) is 0 Å². The van der Waals surface area contributed by atoms with Crippen LogP contribution in [0.3, 0.4) is 0 Å². The summed E-state index contributed by atoms with van der Waals surface area (Å²) in [5, 5.41) is 9.63. The number of fused-ring (bicyclic) bond motifs is 1. The van der Waals surface area contributed by atoms with E-state index in [0.717, 1.165) is 13.0 Å². The Morgan fingerprint density at radius 3 is 2.94 bits per heavy atom. The van der Waals surface area contributed by atoms with Crippen molar-refractivity contribution in [3.8, 4) is 5.75 Å². The quantitative estimate of drug-likeness (QED) is 0.883. The standard InChI is InChI=1S/C16H25NO/c1-3-4-9-17-10-7-13(2)16-12-15(18)6-5-14(16)8-11-17/h5-6,12-13,18H,3-4,7-11H2,1-2H3/t13-/m1/s1. The molecule has 2 rings (SSSR count). The molecule has 0 radical (unpaired) electrons. The van der Waals surface area contributed by atoms with Gasteiger partial charge in [-0.2, -0.15) is 0 Å². The molecule has 1 aromatic rings. The summed E-state index contributed by atoms with van der Waals surface area (Å²) in [6.45, 7) is 8.11. The van der Waals surface area contributed by atoms with Crippen molar-refractivity contribution in [2.75, 3.05) is 19.6 Å². The van der Waals surface area contributed by atoms with Crippen molar-refractivity contribution in [1.29, 1.82) is 0 Å². The molecule has 100 valence electrons. The summed E-state index contributed by atoms with van der Waals surface area (Å²) in [7, 11) is 0. The third-order valence-corrected chi connectivity index (χ3v) is 4.06. The lowest BCUT2D eigenvalue weighted by Gasteiger charge is -2.28. The zero-order valence-electron chi connectivity index (χ0n) is 11.7. The largest absolute Gasteiger partial charge is 0.508 e. The first-order valence-corrected chi connectivity index (χ1v) is 7.25. The predicted molar refractivity (Wildman–Crippen MR) is 76.2 cm³/mol. The Labute approximate surface area is 111 Å². The first kappa shape index (κ1) is 13.4. The van der Waals surface area contributed by atoms with Crippen LogP contribution in [0.15, 0.2) is 18.2 Å². The summed E-state index contributed by atoms with van der Waals surface area (Å²) in [6, 6.07) is 5.88. The van der Waals surface area contributed by atoms with Gasteiger partial charge in [0.15, 0.2) is 0 Å². The molecule has 0 aromatic heterocycles. The number of aromatic hydroxyl groups is 1. The molecule has 1 aliphatic heterocycles. The molecule has 0 saturated carbocycles. The molecule has 0 bridgehead atoms. The summed E-state index contributed by atoms with van der Waals surface area (Å²) >= 11 is 0. The number of hydrogen-bond donors (Lipinski definition) is 1. The summed E-state index contributed by atoms with van der Waals surface area (Å²) in [5.41, 5.74) is 2.77. The first-order chi connectivity index (χ1) is 8.70. The second kappa shape index (κ2) is 6.24. The molecule has 1 aromatic carbocycles.